The van der Waals surface area contributed by atoms with Crippen molar-refractivity contribution in [3.8, 4) is 10.7 Å². The molecule has 0 aromatic carbocycles. The number of H-pyrrole nitrogens is 1. The minimum atomic E-state index is -0.0125. The zero-order valence-electron chi connectivity index (χ0n) is 15.2. The van der Waals surface area contributed by atoms with Gasteiger partial charge in [-0.15, -0.1) is 11.3 Å². The Kier molecular flexibility index (Phi) is 4.74. The highest BCUT2D eigenvalue weighted by Crippen LogP contribution is 2.23. The third-order valence-corrected chi connectivity index (χ3v) is 5.81. The highest BCUT2D eigenvalue weighted by atomic mass is 32.1. The summed E-state index contributed by atoms with van der Waals surface area (Å²) in [6, 6.07) is 3.96. The summed E-state index contributed by atoms with van der Waals surface area (Å²) in [7, 11) is 0. The first-order valence-electron chi connectivity index (χ1n) is 9.05. The van der Waals surface area contributed by atoms with Crippen LogP contribution >= 0.6 is 11.3 Å². The van der Waals surface area contributed by atoms with E-state index in [2.05, 4.69) is 33.5 Å². The SMILES string of the molecule is CCCn1ncc(CN2CCc3nc(-c4cccs4)[nH]c(=O)c3C2)c1C. The molecule has 4 heterocycles. The van der Waals surface area contributed by atoms with Gasteiger partial charge in [-0.25, -0.2) is 4.98 Å². The molecule has 7 heteroatoms. The molecule has 1 aliphatic heterocycles. The highest BCUT2D eigenvalue weighted by molar-refractivity contribution is 7.13. The Labute approximate surface area is 156 Å². The molecule has 0 radical (unpaired) electrons. The Bertz CT molecular complexity index is 957. The van der Waals surface area contributed by atoms with Gasteiger partial charge in [-0.1, -0.05) is 13.0 Å². The lowest BCUT2D eigenvalue weighted by Crippen LogP contribution is -2.35. The molecule has 0 atom stereocenters. The lowest BCUT2D eigenvalue weighted by molar-refractivity contribution is 0.241. The van der Waals surface area contributed by atoms with E-state index in [1.54, 1.807) is 11.3 Å². The molecular weight excluding hydrogens is 346 g/mol. The van der Waals surface area contributed by atoms with Crippen LogP contribution in [0.5, 0.6) is 0 Å². The van der Waals surface area contributed by atoms with E-state index in [0.29, 0.717) is 12.4 Å². The second-order valence-electron chi connectivity index (χ2n) is 6.76. The molecule has 0 unspecified atom stereocenters. The maximum atomic E-state index is 12.6. The molecule has 3 aromatic heterocycles. The molecule has 0 bridgehead atoms. The summed E-state index contributed by atoms with van der Waals surface area (Å²) in [5, 5.41) is 6.48. The number of nitrogens with zero attached hydrogens (tertiary/aromatic N) is 4. The topological polar surface area (TPSA) is 66.8 Å². The smallest absolute Gasteiger partial charge is 0.255 e. The van der Waals surface area contributed by atoms with E-state index < -0.39 is 0 Å². The van der Waals surface area contributed by atoms with Crippen LogP contribution in [0.15, 0.2) is 28.5 Å². The highest BCUT2D eigenvalue weighted by Gasteiger charge is 2.22. The van der Waals surface area contributed by atoms with Gasteiger partial charge in [-0.3, -0.25) is 14.4 Å². The molecule has 0 fully saturated rings. The Morgan fingerprint density at radius 3 is 3.04 bits per heavy atom. The first kappa shape index (κ1) is 17.2. The number of rotatable bonds is 5. The molecular formula is C19H23N5OS. The van der Waals surface area contributed by atoms with E-state index in [9.17, 15) is 4.79 Å². The van der Waals surface area contributed by atoms with Crippen molar-refractivity contribution in [2.24, 2.45) is 0 Å². The zero-order chi connectivity index (χ0) is 18.1. The molecule has 1 N–H and O–H groups in total. The van der Waals surface area contributed by atoms with Crippen LogP contribution < -0.4 is 5.56 Å². The summed E-state index contributed by atoms with van der Waals surface area (Å²) in [6.45, 7) is 7.60. The van der Waals surface area contributed by atoms with Gasteiger partial charge in [0.2, 0.25) is 0 Å². The zero-order valence-corrected chi connectivity index (χ0v) is 16.0. The van der Waals surface area contributed by atoms with Crippen LogP contribution in [0, 0.1) is 6.92 Å². The number of hydrogen-bond donors (Lipinski definition) is 1. The van der Waals surface area contributed by atoms with Crippen molar-refractivity contribution in [1.82, 2.24) is 24.6 Å². The van der Waals surface area contributed by atoms with Gasteiger partial charge in [0, 0.05) is 43.9 Å². The van der Waals surface area contributed by atoms with Crippen LogP contribution in [-0.4, -0.2) is 31.2 Å². The lowest BCUT2D eigenvalue weighted by Gasteiger charge is -2.27. The number of fused-ring (bicyclic) bond motifs is 1. The fourth-order valence-corrected chi connectivity index (χ4v) is 4.13. The van der Waals surface area contributed by atoms with Gasteiger partial charge >= 0.3 is 0 Å². The summed E-state index contributed by atoms with van der Waals surface area (Å²) >= 11 is 1.59. The van der Waals surface area contributed by atoms with Crippen molar-refractivity contribution >= 4 is 11.3 Å². The number of aryl methyl sites for hydroxylation is 1. The van der Waals surface area contributed by atoms with Crippen molar-refractivity contribution in [1.29, 1.82) is 0 Å². The molecule has 0 saturated heterocycles. The van der Waals surface area contributed by atoms with E-state index in [4.69, 9.17) is 4.98 Å². The Morgan fingerprint density at radius 1 is 1.38 bits per heavy atom. The molecule has 4 rings (SSSR count). The third kappa shape index (κ3) is 3.24. The monoisotopic (exact) mass is 369 g/mol. The minimum Gasteiger partial charge on any atom is -0.306 e. The maximum Gasteiger partial charge on any atom is 0.255 e. The van der Waals surface area contributed by atoms with Crippen molar-refractivity contribution in [2.75, 3.05) is 6.54 Å². The number of aromatic nitrogens is 4. The van der Waals surface area contributed by atoms with E-state index in [0.717, 1.165) is 48.6 Å². The lowest BCUT2D eigenvalue weighted by atomic mass is 10.1. The molecule has 0 amide bonds. The van der Waals surface area contributed by atoms with Gasteiger partial charge in [-0.2, -0.15) is 5.10 Å². The fraction of sp³-hybridized carbons (Fsp3) is 0.421. The van der Waals surface area contributed by atoms with Crippen LogP contribution in [0.3, 0.4) is 0 Å². The second-order valence-corrected chi connectivity index (χ2v) is 7.70. The van der Waals surface area contributed by atoms with Gasteiger partial charge in [0.05, 0.1) is 22.3 Å². The molecule has 3 aromatic rings. The van der Waals surface area contributed by atoms with Crippen LogP contribution in [0.25, 0.3) is 10.7 Å². The normalized spacial score (nSPS) is 14.5. The third-order valence-electron chi connectivity index (χ3n) is 4.94. The molecule has 6 nitrogen and oxygen atoms in total. The van der Waals surface area contributed by atoms with Gasteiger partial charge in [0.25, 0.3) is 5.56 Å². The summed E-state index contributed by atoms with van der Waals surface area (Å²) in [6.07, 6.45) is 3.84. The van der Waals surface area contributed by atoms with E-state index in [-0.39, 0.29) is 5.56 Å². The van der Waals surface area contributed by atoms with E-state index in [1.807, 2.05) is 23.7 Å². The van der Waals surface area contributed by atoms with Crippen LogP contribution in [-0.2, 0) is 26.1 Å². The maximum absolute atomic E-state index is 12.6. The Balaban J connectivity index is 1.54. The second kappa shape index (κ2) is 7.17. The number of aromatic amines is 1. The van der Waals surface area contributed by atoms with Crippen LogP contribution in [0.2, 0.25) is 0 Å². The van der Waals surface area contributed by atoms with Gasteiger partial charge in [0.15, 0.2) is 5.82 Å². The first-order valence-corrected chi connectivity index (χ1v) is 9.93. The van der Waals surface area contributed by atoms with E-state index in [1.165, 1.54) is 11.3 Å². The van der Waals surface area contributed by atoms with Crippen molar-refractivity contribution in [2.45, 2.75) is 46.3 Å². The molecule has 0 aliphatic carbocycles. The molecule has 136 valence electrons. The van der Waals surface area contributed by atoms with Gasteiger partial charge in [0.1, 0.15) is 0 Å². The fourth-order valence-electron chi connectivity index (χ4n) is 3.46. The quantitative estimate of drug-likeness (QED) is 0.751. The Hall–Kier alpha value is -2.25. The summed E-state index contributed by atoms with van der Waals surface area (Å²) < 4.78 is 2.06. The van der Waals surface area contributed by atoms with Crippen molar-refractivity contribution in [3.05, 3.63) is 56.6 Å². The summed E-state index contributed by atoms with van der Waals surface area (Å²) in [5.74, 6) is 0.689. The van der Waals surface area contributed by atoms with Crippen LogP contribution in [0.1, 0.15) is 35.9 Å². The average molecular weight is 369 g/mol. The van der Waals surface area contributed by atoms with E-state index >= 15 is 0 Å². The number of hydrogen-bond acceptors (Lipinski definition) is 5. The van der Waals surface area contributed by atoms with Crippen molar-refractivity contribution in [3.63, 3.8) is 0 Å². The van der Waals surface area contributed by atoms with Crippen LogP contribution in [0.4, 0.5) is 0 Å². The first-order chi connectivity index (χ1) is 12.7. The number of thiophene rings is 1. The standard InChI is InChI=1S/C19H23N5OS/c1-3-7-24-13(2)14(10-20-24)11-23-8-6-16-15(12-23)19(25)22-18(21-16)17-5-4-9-26-17/h4-5,9-10H,3,6-8,11-12H2,1-2H3,(H,21,22,25). The average Bonchev–Trinajstić information content (AvgIpc) is 3.28. The largest absolute Gasteiger partial charge is 0.306 e. The van der Waals surface area contributed by atoms with Gasteiger partial charge in [-0.05, 0) is 24.8 Å². The summed E-state index contributed by atoms with van der Waals surface area (Å²) in [5.41, 5.74) is 4.18. The molecule has 0 spiro atoms. The predicted octanol–water partition coefficient (Wildman–Crippen LogP) is 2.97. The molecule has 1 aliphatic rings. The Morgan fingerprint density at radius 2 is 2.27 bits per heavy atom. The predicted molar refractivity (Wildman–Crippen MR) is 103 cm³/mol. The molecule has 0 saturated carbocycles. The summed E-state index contributed by atoms with van der Waals surface area (Å²) in [4.78, 5) is 23.6. The molecule has 26 heavy (non-hydrogen) atoms. The van der Waals surface area contributed by atoms with Gasteiger partial charge < -0.3 is 4.98 Å². The van der Waals surface area contributed by atoms with Crippen molar-refractivity contribution < 1.29 is 0 Å². The minimum absolute atomic E-state index is 0.0125. The number of nitrogens with one attached hydrogen (secondary N) is 1.